The summed E-state index contributed by atoms with van der Waals surface area (Å²) in [6.45, 7) is 1.95. The molecule has 0 saturated carbocycles. The van der Waals surface area contributed by atoms with Gasteiger partial charge in [0.2, 0.25) is 0 Å². The van der Waals surface area contributed by atoms with E-state index < -0.39 is 4.92 Å². The molecule has 0 atom stereocenters. The van der Waals surface area contributed by atoms with Crippen LogP contribution >= 0.6 is 22.9 Å². The molecule has 0 N–H and O–H groups in total. The van der Waals surface area contributed by atoms with Crippen LogP contribution < -0.4 is 0 Å². The van der Waals surface area contributed by atoms with E-state index in [4.69, 9.17) is 11.6 Å². The number of hydrogen-bond acceptors (Lipinski definition) is 5. The van der Waals surface area contributed by atoms with E-state index in [1.807, 2.05) is 19.1 Å². The number of nitrogens with zero attached hydrogens (tertiary/aromatic N) is 3. The second-order valence-electron chi connectivity index (χ2n) is 5.45. The van der Waals surface area contributed by atoms with Crippen LogP contribution in [0.2, 0.25) is 5.02 Å². The first-order valence-corrected chi connectivity index (χ1v) is 8.77. The number of halogens is 1. The predicted molar refractivity (Wildman–Crippen MR) is 104 cm³/mol. The number of benzene rings is 2. The van der Waals surface area contributed by atoms with Crippen molar-refractivity contribution >= 4 is 40.3 Å². The summed E-state index contributed by atoms with van der Waals surface area (Å²) in [6.07, 6.45) is 1.67. The lowest BCUT2D eigenvalue weighted by Gasteiger charge is -1.98. The maximum atomic E-state index is 10.7. The Labute approximate surface area is 159 Å². The zero-order chi connectivity index (χ0) is 18.7. The van der Waals surface area contributed by atoms with Gasteiger partial charge in [-0.15, -0.1) is 11.3 Å². The third-order valence-corrected chi connectivity index (χ3v) is 4.94. The number of rotatable bonds is 4. The summed E-state index contributed by atoms with van der Waals surface area (Å²) in [4.78, 5) is 15.9. The van der Waals surface area contributed by atoms with Gasteiger partial charge in [-0.3, -0.25) is 10.1 Å². The summed E-state index contributed by atoms with van der Waals surface area (Å²) in [7, 11) is 0. The van der Waals surface area contributed by atoms with Crippen LogP contribution in [0.3, 0.4) is 0 Å². The Morgan fingerprint density at radius 1 is 1.23 bits per heavy atom. The van der Waals surface area contributed by atoms with Gasteiger partial charge in [-0.25, -0.2) is 4.98 Å². The van der Waals surface area contributed by atoms with Gasteiger partial charge in [-0.1, -0.05) is 23.7 Å². The van der Waals surface area contributed by atoms with E-state index in [1.54, 1.807) is 30.3 Å². The van der Waals surface area contributed by atoms with Gasteiger partial charge < -0.3 is 0 Å². The van der Waals surface area contributed by atoms with Crippen LogP contribution in [0.5, 0.6) is 0 Å². The van der Waals surface area contributed by atoms with Gasteiger partial charge in [0.05, 0.1) is 16.2 Å². The Kier molecular flexibility index (Phi) is 5.12. The SMILES string of the molecule is Cc1sc(/C(C#N)=C\c2ccc([N+](=O)[O-])cc2)nc1-c1ccc(Cl)cc1. The van der Waals surface area contributed by atoms with E-state index in [1.165, 1.54) is 23.5 Å². The molecule has 0 saturated heterocycles. The molecule has 26 heavy (non-hydrogen) atoms. The van der Waals surface area contributed by atoms with E-state index in [0.29, 0.717) is 21.2 Å². The van der Waals surface area contributed by atoms with Crippen LogP contribution in [-0.2, 0) is 0 Å². The van der Waals surface area contributed by atoms with Crippen LogP contribution in [0, 0.1) is 28.4 Å². The number of aromatic nitrogens is 1. The van der Waals surface area contributed by atoms with Crippen molar-refractivity contribution in [2.24, 2.45) is 0 Å². The predicted octanol–water partition coefficient (Wildman–Crippen LogP) is 5.74. The molecule has 1 heterocycles. The van der Waals surface area contributed by atoms with Crippen molar-refractivity contribution in [3.63, 3.8) is 0 Å². The molecule has 3 rings (SSSR count). The van der Waals surface area contributed by atoms with E-state index in [0.717, 1.165) is 16.1 Å². The van der Waals surface area contributed by atoms with Gasteiger partial charge in [-0.2, -0.15) is 5.26 Å². The van der Waals surface area contributed by atoms with Crippen molar-refractivity contribution in [3.05, 3.63) is 79.1 Å². The molecule has 0 fully saturated rings. The number of aryl methyl sites for hydroxylation is 1. The van der Waals surface area contributed by atoms with E-state index in [9.17, 15) is 15.4 Å². The molecule has 0 radical (unpaired) electrons. The second kappa shape index (κ2) is 7.48. The van der Waals surface area contributed by atoms with Crippen molar-refractivity contribution < 1.29 is 4.92 Å². The Morgan fingerprint density at radius 2 is 1.88 bits per heavy atom. The monoisotopic (exact) mass is 381 g/mol. The van der Waals surface area contributed by atoms with Crippen LogP contribution in [-0.4, -0.2) is 9.91 Å². The Bertz CT molecular complexity index is 1030. The molecule has 1 aromatic heterocycles. The first-order chi connectivity index (χ1) is 12.5. The molecule has 0 bridgehead atoms. The fraction of sp³-hybridized carbons (Fsp3) is 0.0526. The first kappa shape index (κ1) is 17.8. The molecule has 7 heteroatoms. The van der Waals surface area contributed by atoms with Crippen molar-refractivity contribution in [2.75, 3.05) is 0 Å². The summed E-state index contributed by atoms with van der Waals surface area (Å²) in [6, 6.07) is 15.6. The minimum absolute atomic E-state index is 0.00998. The van der Waals surface area contributed by atoms with Gasteiger partial charge >= 0.3 is 0 Å². The number of hydrogen-bond donors (Lipinski definition) is 0. The lowest BCUT2D eigenvalue weighted by Crippen LogP contribution is -1.87. The highest BCUT2D eigenvalue weighted by atomic mass is 35.5. The highest BCUT2D eigenvalue weighted by molar-refractivity contribution is 7.13. The third kappa shape index (κ3) is 3.80. The molecule has 3 aromatic rings. The zero-order valence-electron chi connectivity index (χ0n) is 13.6. The highest BCUT2D eigenvalue weighted by Gasteiger charge is 2.13. The normalized spacial score (nSPS) is 11.2. The molecule has 0 spiro atoms. The van der Waals surface area contributed by atoms with E-state index in [-0.39, 0.29) is 5.69 Å². The minimum atomic E-state index is -0.457. The molecule has 0 aliphatic carbocycles. The number of nitro benzene ring substituents is 1. The van der Waals surface area contributed by atoms with Gasteiger partial charge in [0.15, 0.2) is 0 Å². The average molecular weight is 382 g/mol. The summed E-state index contributed by atoms with van der Waals surface area (Å²) >= 11 is 7.36. The summed E-state index contributed by atoms with van der Waals surface area (Å²) < 4.78 is 0. The highest BCUT2D eigenvalue weighted by Crippen LogP contribution is 2.32. The largest absolute Gasteiger partial charge is 0.269 e. The number of nitriles is 1. The van der Waals surface area contributed by atoms with Crippen LogP contribution in [0.25, 0.3) is 22.9 Å². The molecular formula is C19H12ClN3O2S. The van der Waals surface area contributed by atoms with Crippen LogP contribution in [0.15, 0.2) is 48.5 Å². The quantitative estimate of drug-likeness (QED) is 0.327. The molecular weight excluding hydrogens is 370 g/mol. The number of thiazole rings is 1. The molecule has 0 amide bonds. The van der Waals surface area contributed by atoms with Gasteiger partial charge in [0, 0.05) is 27.6 Å². The maximum absolute atomic E-state index is 10.7. The fourth-order valence-corrected chi connectivity index (χ4v) is 3.42. The Balaban J connectivity index is 1.96. The number of nitro groups is 1. The first-order valence-electron chi connectivity index (χ1n) is 7.58. The maximum Gasteiger partial charge on any atom is 0.269 e. The molecule has 128 valence electrons. The topological polar surface area (TPSA) is 79.8 Å². The lowest BCUT2D eigenvalue weighted by molar-refractivity contribution is -0.384. The molecule has 2 aromatic carbocycles. The van der Waals surface area contributed by atoms with Gasteiger partial charge in [-0.05, 0) is 42.8 Å². The third-order valence-electron chi connectivity index (χ3n) is 3.68. The van der Waals surface area contributed by atoms with Crippen LogP contribution in [0.4, 0.5) is 5.69 Å². The van der Waals surface area contributed by atoms with E-state index >= 15 is 0 Å². The van der Waals surface area contributed by atoms with Crippen molar-refractivity contribution in [2.45, 2.75) is 6.92 Å². The number of allylic oxidation sites excluding steroid dienone is 1. The molecule has 0 unspecified atom stereocenters. The number of non-ortho nitro benzene ring substituents is 1. The van der Waals surface area contributed by atoms with Gasteiger partial charge in [0.1, 0.15) is 11.1 Å². The molecule has 0 aliphatic heterocycles. The summed E-state index contributed by atoms with van der Waals surface area (Å²) in [5, 5.41) is 21.5. The second-order valence-corrected chi connectivity index (χ2v) is 7.09. The fourth-order valence-electron chi connectivity index (χ4n) is 2.39. The standard InChI is InChI=1S/C19H12ClN3O2S/c1-12-18(14-4-6-16(20)7-5-14)22-19(26-12)15(11-21)10-13-2-8-17(9-3-13)23(24)25/h2-10H,1H3/b15-10-. The van der Waals surface area contributed by atoms with Gasteiger partial charge in [0.25, 0.3) is 5.69 Å². The Morgan fingerprint density at radius 3 is 2.46 bits per heavy atom. The Hall–Kier alpha value is -3.01. The van der Waals surface area contributed by atoms with Crippen LogP contribution in [0.1, 0.15) is 15.4 Å². The summed E-state index contributed by atoms with van der Waals surface area (Å²) in [5.41, 5.74) is 2.87. The summed E-state index contributed by atoms with van der Waals surface area (Å²) in [5.74, 6) is 0. The minimum Gasteiger partial charge on any atom is -0.258 e. The average Bonchev–Trinajstić information content (AvgIpc) is 3.02. The van der Waals surface area contributed by atoms with Crippen molar-refractivity contribution in [3.8, 4) is 17.3 Å². The van der Waals surface area contributed by atoms with Crippen molar-refractivity contribution in [1.82, 2.24) is 4.98 Å². The van der Waals surface area contributed by atoms with Crippen molar-refractivity contribution in [1.29, 1.82) is 5.26 Å². The zero-order valence-corrected chi connectivity index (χ0v) is 15.2. The molecule has 0 aliphatic rings. The smallest absolute Gasteiger partial charge is 0.258 e. The lowest BCUT2D eigenvalue weighted by atomic mass is 10.1. The van der Waals surface area contributed by atoms with E-state index in [2.05, 4.69) is 11.1 Å². The molecule has 5 nitrogen and oxygen atoms in total.